The minimum Gasteiger partial charge on any atom is -0.491 e. The van der Waals surface area contributed by atoms with Gasteiger partial charge >= 0.3 is 6.16 Å². The van der Waals surface area contributed by atoms with E-state index in [-0.39, 0.29) is 30.3 Å². The van der Waals surface area contributed by atoms with Crippen LogP contribution < -0.4 is 9.47 Å². The normalized spacial score (nSPS) is 22.7. The third kappa shape index (κ3) is 4.72. The topological polar surface area (TPSA) is 88.5 Å². The van der Waals surface area contributed by atoms with E-state index < -0.39 is 17.9 Å². The molecule has 0 aliphatic carbocycles. The molecule has 2 atom stereocenters. The van der Waals surface area contributed by atoms with Crippen LogP contribution in [0.25, 0.3) is 0 Å². The molecule has 2 aromatic carbocycles. The largest absolute Gasteiger partial charge is 0.514 e. The van der Waals surface area contributed by atoms with Gasteiger partial charge in [0.05, 0.1) is 17.7 Å². The van der Waals surface area contributed by atoms with Crippen LogP contribution in [0, 0.1) is 5.82 Å². The number of benzene rings is 2. The highest BCUT2D eigenvalue weighted by Crippen LogP contribution is 2.40. The predicted molar refractivity (Wildman–Crippen MR) is 114 cm³/mol. The molecular weight excluding hydrogens is 417 g/mol. The minimum absolute atomic E-state index is 0.266. The third-order valence-corrected chi connectivity index (χ3v) is 6.09. The van der Waals surface area contributed by atoms with Crippen molar-refractivity contribution in [1.82, 2.24) is 4.90 Å². The highest BCUT2D eigenvalue weighted by atomic mass is 19.1. The highest BCUT2D eigenvalue weighted by Gasteiger charge is 2.40. The van der Waals surface area contributed by atoms with Gasteiger partial charge in [-0.25, -0.2) is 9.18 Å². The lowest BCUT2D eigenvalue weighted by atomic mass is 9.83. The first-order valence-corrected chi connectivity index (χ1v) is 10.8. The molecule has 0 bridgehead atoms. The fourth-order valence-corrected chi connectivity index (χ4v) is 4.31. The fraction of sp³-hybridized carbons (Fsp3) is 0.458. The van der Waals surface area contributed by atoms with E-state index in [0.717, 1.165) is 0 Å². The van der Waals surface area contributed by atoms with Crippen molar-refractivity contribution in [2.75, 3.05) is 19.7 Å². The molecule has 172 valence electrons. The summed E-state index contributed by atoms with van der Waals surface area (Å²) >= 11 is 0. The molecule has 4 rings (SSSR count). The zero-order valence-corrected chi connectivity index (χ0v) is 18.2. The quantitative estimate of drug-likeness (QED) is 0.550. The Kier molecular flexibility index (Phi) is 6.37. The van der Waals surface area contributed by atoms with Gasteiger partial charge in [-0.1, -0.05) is 12.1 Å². The van der Waals surface area contributed by atoms with E-state index in [2.05, 4.69) is 4.90 Å². The summed E-state index contributed by atoms with van der Waals surface area (Å²) < 4.78 is 29.2. The Hall–Kier alpha value is -2.68. The summed E-state index contributed by atoms with van der Waals surface area (Å²) in [6.07, 6.45) is -0.924. The molecule has 0 unspecified atom stereocenters. The number of rotatable bonds is 4. The maximum absolute atomic E-state index is 13.2. The first-order valence-electron chi connectivity index (χ1n) is 10.8. The van der Waals surface area contributed by atoms with Crippen LogP contribution in [0.15, 0.2) is 42.5 Å². The Bertz CT molecular complexity index is 955. The summed E-state index contributed by atoms with van der Waals surface area (Å²) in [5, 5.41) is 22.0. The van der Waals surface area contributed by atoms with Gasteiger partial charge in [0.1, 0.15) is 30.0 Å². The molecule has 2 aromatic rings. The number of aliphatic hydroxyl groups excluding tert-OH is 1. The van der Waals surface area contributed by atoms with Crippen LogP contribution >= 0.6 is 0 Å². The molecule has 0 spiro atoms. The molecule has 2 aliphatic heterocycles. The number of carbonyl (C=O) groups is 1. The monoisotopic (exact) mass is 445 g/mol. The number of carbonyl (C=O) groups excluding carboxylic acids is 1. The van der Waals surface area contributed by atoms with Crippen LogP contribution in [0.3, 0.4) is 0 Å². The molecule has 0 aromatic heterocycles. The SMILES string of the molecule is CC(C)OC(=O)Oc1ccc2c(c1)OC[C@@H](N1CCC(O)(c3ccc(F)cc3)CC1)[C@H]2O. The van der Waals surface area contributed by atoms with Crippen LogP contribution in [0.1, 0.15) is 43.9 Å². The molecule has 1 fully saturated rings. The molecule has 2 heterocycles. The molecule has 1 saturated heterocycles. The summed E-state index contributed by atoms with van der Waals surface area (Å²) in [6.45, 7) is 4.86. The molecule has 0 radical (unpaired) electrons. The van der Waals surface area contributed by atoms with E-state index in [9.17, 15) is 19.4 Å². The van der Waals surface area contributed by atoms with Gasteiger partial charge in [-0.2, -0.15) is 0 Å². The first-order chi connectivity index (χ1) is 15.2. The van der Waals surface area contributed by atoms with Crippen molar-refractivity contribution >= 4 is 6.16 Å². The van der Waals surface area contributed by atoms with E-state index in [0.29, 0.717) is 42.8 Å². The van der Waals surface area contributed by atoms with Gasteiger partial charge in [-0.05, 0) is 56.5 Å². The number of nitrogens with zero attached hydrogens (tertiary/aromatic N) is 1. The van der Waals surface area contributed by atoms with E-state index in [1.54, 1.807) is 44.2 Å². The Labute approximate surface area is 186 Å². The van der Waals surface area contributed by atoms with Crippen LogP contribution in [-0.2, 0) is 10.3 Å². The van der Waals surface area contributed by atoms with E-state index >= 15 is 0 Å². The van der Waals surface area contributed by atoms with Gasteiger partial charge in [-0.15, -0.1) is 0 Å². The predicted octanol–water partition coefficient (Wildman–Crippen LogP) is 3.53. The smallest absolute Gasteiger partial charge is 0.491 e. The summed E-state index contributed by atoms with van der Waals surface area (Å²) in [7, 11) is 0. The van der Waals surface area contributed by atoms with Crippen LogP contribution in [0.5, 0.6) is 11.5 Å². The average molecular weight is 445 g/mol. The number of likely N-dealkylation sites (tertiary alicyclic amines) is 1. The van der Waals surface area contributed by atoms with Crippen molar-refractivity contribution in [3.63, 3.8) is 0 Å². The van der Waals surface area contributed by atoms with Gasteiger partial charge in [0.15, 0.2) is 0 Å². The van der Waals surface area contributed by atoms with E-state index in [1.807, 2.05) is 0 Å². The second-order valence-electron chi connectivity index (χ2n) is 8.62. The zero-order valence-electron chi connectivity index (χ0n) is 18.2. The number of hydrogen-bond donors (Lipinski definition) is 2. The maximum atomic E-state index is 13.2. The third-order valence-electron chi connectivity index (χ3n) is 6.09. The second kappa shape index (κ2) is 9.05. The Morgan fingerprint density at radius 2 is 1.88 bits per heavy atom. The zero-order chi connectivity index (χ0) is 22.9. The lowest BCUT2D eigenvalue weighted by molar-refractivity contribution is -0.0665. The molecule has 2 aliphatic rings. The van der Waals surface area contributed by atoms with Crippen molar-refractivity contribution < 1.29 is 33.6 Å². The van der Waals surface area contributed by atoms with Gasteiger partial charge in [0, 0.05) is 24.7 Å². The number of fused-ring (bicyclic) bond motifs is 1. The minimum atomic E-state index is -1.01. The van der Waals surface area contributed by atoms with Gasteiger partial charge < -0.3 is 24.4 Å². The molecule has 32 heavy (non-hydrogen) atoms. The van der Waals surface area contributed by atoms with Crippen LogP contribution in [0.2, 0.25) is 0 Å². The van der Waals surface area contributed by atoms with Gasteiger partial charge in [-0.3, -0.25) is 4.90 Å². The molecular formula is C24H28FNO6. The highest BCUT2D eigenvalue weighted by molar-refractivity contribution is 5.64. The number of piperidine rings is 1. The average Bonchev–Trinajstić information content (AvgIpc) is 2.75. The Morgan fingerprint density at radius 1 is 1.19 bits per heavy atom. The molecule has 7 nitrogen and oxygen atoms in total. The standard InChI is InChI=1S/C24H28FNO6/c1-15(2)31-23(28)32-18-7-8-19-21(13-18)30-14-20(22(19)27)26-11-9-24(29,10-12-26)16-3-5-17(25)6-4-16/h3-8,13,15,20,22,27,29H,9-12,14H2,1-2H3/t20-,22+/m1/s1. The molecule has 8 heteroatoms. The van der Waals surface area contributed by atoms with Crippen LogP contribution in [-0.4, -0.2) is 53.1 Å². The van der Waals surface area contributed by atoms with Crippen molar-refractivity contribution in [3.05, 3.63) is 59.4 Å². The molecule has 2 N–H and O–H groups in total. The summed E-state index contributed by atoms with van der Waals surface area (Å²) in [5.41, 5.74) is 0.303. The number of hydrogen-bond acceptors (Lipinski definition) is 7. The summed E-state index contributed by atoms with van der Waals surface area (Å²) in [6, 6.07) is 10.5. The Morgan fingerprint density at radius 3 is 2.53 bits per heavy atom. The fourth-order valence-electron chi connectivity index (χ4n) is 4.31. The van der Waals surface area contributed by atoms with Crippen molar-refractivity contribution in [3.8, 4) is 11.5 Å². The van der Waals surface area contributed by atoms with Crippen molar-refractivity contribution in [1.29, 1.82) is 0 Å². The summed E-state index contributed by atoms with van der Waals surface area (Å²) in [4.78, 5) is 13.8. The summed E-state index contributed by atoms with van der Waals surface area (Å²) in [5.74, 6) is 0.409. The lowest BCUT2D eigenvalue weighted by Gasteiger charge is -2.44. The number of ether oxygens (including phenoxy) is 3. The Balaban J connectivity index is 1.40. The lowest BCUT2D eigenvalue weighted by Crippen LogP contribution is -2.52. The first kappa shape index (κ1) is 22.5. The van der Waals surface area contributed by atoms with E-state index in [1.165, 1.54) is 12.1 Å². The molecule has 0 amide bonds. The van der Waals surface area contributed by atoms with Crippen molar-refractivity contribution in [2.45, 2.75) is 50.5 Å². The number of halogens is 1. The van der Waals surface area contributed by atoms with Gasteiger partial charge in [0.2, 0.25) is 0 Å². The van der Waals surface area contributed by atoms with Crippen molar-refractivity contribution in [2.24, 2.45) is 0 Å². The second-order valence-corrected chi connectivity index (χ2v) is 8.62. The van der Waals surface area contributed by atoms with E-state index in [4.69, 9.17) is 14.2 Å². The van der Waals surface area contributed by atoms with Crippen LogP contribution in [0.4, 0.5) is 9.18 Å². The number of aliphatic hydroxyl groups is 2. The molecule has 0 saturated carbocycles. The maximum Gasteiger partial charge on any atom is 0.514 e. The van der Waals surface area contributed by atoms with Gasteiger partial charge in [0.25, 0.3) is 0 Å².